The Labute approximate surface area is 90.6 Å². The summed E-state index contributed by atoms with van der Waals surface area (Å²) in [6.07, 6.45) is 0.522. The first-order valence-corrected chi connectivity index (χ1v) is 4.38. The molecule has 0 aliphatic heterocycles. The van der Waals surface area contributed by atoms with E-state index >= 15 is 0 Å². The molecule has 0 bridgehead atoms. The molecule has 1 aromatic rings. The number of aldehydes is 1. The second-order valence-corrected chi connectivity index (χ2v) is 3.28. The molecule has 0 saturated heterocycles. The molecular formula is C9H6Cl2O3. The molecule has 0 atom stereocenters. The van der Waals surface area contributed by atoms with Crippen LogP contribution in [0.3, 0.4) is 0 Å². The van der Waals surface area contributed by atoms with Gasteiger partial charge in [-0.3, -0.25) is 4.79 Å². The van der Waals surface area contributed by atoms with E-state index < -0.39 is 5.97 Å². The zero-order valence-electron chi connectivity index (χ0n) is 7.21. The highest BCUT2D eigenvalue weighted by Crippen LogP contribution is 2.25. The van der Waals surface area contributed by atoms with Gasteiger partial charge in [0.15, 0.2) is 6.29 Å². The normalized spacial score (nSPS) is 9.64. The smallest absolute Gasteiger partial charge is 0.338 e. The third kappa shape index (κ3) is 2.05. The van der Waals surface area contributed by atoms with Gasteiger partial charge < -0.3 is 4.74 Å². The van der Waals surface area contributed by atoms with Crippen LogP contribution in [0.4, 0.5) is 0 Å². The van der Waals surface area contributed by atoms with Gasteiger partial charge in [-0.2, -0.15) is 0 Å². The maximum atomic E-state index is 11.2. The summed E-state index contributed by atoms with van der Waals surface area (Å²) in [7, 11) is 1.22. The van der Waals surface area contributed by atoms with Crippen LogP contribution in [0.15, 0.2) is 12.1 Å². The number of carbonyl (C=O) groups is 2. The van der Waals surface area contributed by atoms with Gasteiger partial charge >= 0.3 is 5.97 Å². The minimum Gasteiger partial charge on any atom is -0.465 e. The zero-order chi connectivity index (χ0) is 10.7. The van der Waals surface area contributed by atoms with Crippen molar-refractivity contribution >= 4 is 35.5 Å². The Bertz CT molecular complexity index is 388. The monoisotopic (exact) mass is 232 g/mol. The number of ether oxygens (including phenoxy) is 1. The first-order chi connectivity index (χ1) is 6.60. The third-order valence-electron chi connectivity index (χ3n) is 1.62. The van der Waals surface area contributed by atoms with Crippen molar-refractivity contribution in [1.82, 2.24) is 0 Å². The standard InChI is InChI=1S/C9H6Cl2O3/c1-14-9(13)6-3-8(11)7(10)2-5(6)4-12/h2-4H,1H3. The van der Waals surface area contributed by atoms with Crippen LogP contribution in [0.25, 0.3) is 0 Å². The Kier molecular flexibility index (Phi) is 3.49. The van der Waals surface area contributed by atoms with E-state index in [2.05, 4.69) is 4.74 Å². The average Bonchev–Trinajstić information content (AvgIpc) is 2.20. The topological polar surface area (TPSA) is 43.4 Å². The number of benzene rings is 1. The summed E-state index contributed by atoms with van der Waals surface area (Å²) in [5, 5.41) is 0.430. The Morgan fingerprint density at radius 1 is 1.36 bits per heavy atom. The molecule has 0 N–H and O–H groups in total. The summed E-state index contributed by atoms with van der Waals surface area (Å²) in [5.74, 6) is -0.620. The third-order valence-corrected chi connectivity index (χ3v) is 2.35. The number of rotatable bonds is 2. The van der Waals surface area contributed by atoms with Gasteiger partial charge in [-0.15, -0.1) is 0 Å². The highest BCUT2D eigenvalue weighted by Gasteiger charge is 2.14. The van der Waals surface area contributed by atoms with E-state index in [1.165, 1.54) is 19.2 Å². The van der Waals surface area contributed by atoms with E-state index in [1.807, 2.05) is 0 Å². The minimum absolute atomic E-state index is 0.108. The van der Waals surface area contributed by atoms with Gasteiger partial charge in [0, 0.05) is 5.56 Å². The molecule has 14 heavy (non-hydrogen) atoms. The molecule has 0 aromatic heterocycles. The lowest BCUT2D eigenvalue weighted by Gasteiger charge is -2.04. The highest BCUT2D eigenvalue weighted by molar-refractivity contribution is 6.42. The molecule has 0 heterocycles. The molecule has 0 spiro atoms. The van der Waals surface area contributed by atoms with Crippen LogP contribution in [-0.2, 0) is 4.74 Å². The van der Waals surface area contributed by atoms with Crippen LogP contribution >= 0.6 is 23.2 Å². The van der Waals surface area contributed by atoms with Gasteiger partial charge in [-0.05, 0) is 12.1 Å². The van der Waals surface area contributed by atoms with E-state index in [-0.39, 0.29) is 21.2 Å². The minimum atomic E-state index is -0.620. The van der Waals surface area contributed by atoms with Crippen LogP contribution in [0, 0.1) is 0 Å². The van der Waals surface area contributed by atoms with Gasteiger partial charge in [-0.25, -0.2) is 4.79 Å². The summed E-state index contributed by atoms with van der Waals surface area (Å²) < 4.78 is 4.47. The largest absolute Gasteiger partial charge is 0.465 e. The van der Waals surface area contributed by atoms with Gasteiger partial charge in [-0.1, -0.05) is 23.2 Å². The van der Waals surface area contributed by atoms with Crippen molar-refractivity contribution in [3.63, 3.8) is 0 Å². The molecule has 0 radical (unpaired) electrons. The number of hydrogen-bond donors (Lipinski definition) is 0. The summed E-state index contributed by atoms with van der Waals surface area (Å²) in [4.78, 5) is 21.8. The van der Waals surface area contributed by atoms with Crippen molar-refractivity contribution in [2.45, 2.75) is 0 Å². The summed E-state index contributed by atoms with van der Waals surface area (Å²) in [6, 6.07) is 2.63. The fraction of sp³-hybridized carbons (Fsp3) is 0.111. The van der Waals surface area contributed by atoms with Crippen molar-refractivity contribution in [2.75, 3.05) is 7.11 Å². The molecule has 1 rings (SSSR count). The SMILES string of the molecule is COC(=O)c1cc(Cl)c(Cl)cc1C=O. The van der Waals surface area contributed by atoms with E-state index in [0.29, 0.717) is 6.29 Å². The lowest BCUT2D eigenvalue weighted by Crippen LogP contribution is -2.05. The van der Waals surface area contributed by atoms with E-state index in [4.69, 9.17) is 23.2 Å². The maximum Gasteiger partial charge on any atom is 0.338 e. The van der Waals surface area contributed by atoms with E-state index in [0.717, 1.165) is 0 Å². The molecule has 0 aliphatic rings. The second kappa shape index (κ2) is 4.44. The molecule has 1 aromatic carbocycles. The lowest BCUT2D eigenvalue weighted by atomic mass is 10.1. The van der Waals surface area contributed by atoms with Crippen LogP contribution in [0.2, 0.25) is 10.0 Å². The predicted octanol–water partition coefficient (Wildman–Crippen LogP) is 2.59. The molecule has 0 saturated carbocycles. The Morgan fingerprint density at radius 3 is 2.43 bits per heavy atom. The zero-order valence-corrected chi connectivity index (χ0v) is 8.72. The van der Waals surface area contributed by atoms with E-state index in [1.54, 1.807) is 0 Å². The molecule has 74 valence electrons. The predicted molar refractivity (Wildman–Crippen MR) is 53.2 cm³/mol. The highest BCUT2D eigenvalue weighted by atomic mass is 35.5. The van der Waals surface area contributed by atoms with Crippen molar-refractivity contribution in [1.29, 1.82) is 0 Å². The van der Waals surface area contributed by atoms with E-state index in [9.17, 15) is 9.59 Å². The number of hydrogen-bond acceptors (Lipinski definition) is 3. The molecule has 0 unspecified atom stereocenters. The molecule has 0 aliphatic carbocycles. The molecular weight excluding hydrogens is 227 g/mol. The Hall–Kier alpha value is -1.06. The fourth-order valence-electron chi connectivity index (χ4n) is 0.946. The van der Waals surface area contributed by atoms with Crippen LogP contribution in [0.1, 0.15) is 20.7 Å². The van der Waals surface area contributed by atoms with Gasteiger partial charge in [0.25, 0.3) is 0 Å². The lowest BCUT2D eigenvalue weighted by molar-refractivity contribution is 0.0598. The fourth-order valence-corrected chi connectivity index (χ4v) is 1.28. The average molecular weight is 233 g/mol. The van der Waals surface area contributed by atoms with Gasteiger partial charge in [0.05, 0.1) is 22.7 Å². The summed E-state index contributed by atoms with van der Waals surface area (Å²) in [5.41, 5.74) is 0.267. The first-order valence-electron chi connectivity index (χ1n) is 3.62. The molecule has 5 heteroatoms. The first kappa shape index (κ1) is 11.0. The molecule has 0 fully saturated rings. The maximum absolute atomic E-state index is 11.2. The van der Waals surface area contributed by atoms with Crippen molar-refractivity contribution in [3.05, 3.63) is 33.3 Å². The quantitative estimate of drug-likeness (QED) is 0.582. The number of carbonyl (C=O) groups excluding carboxylic acids is 2. The number of esters is 1. The van der Waals surface area contributed by atoms with Crippen LogP contribution < -0.4 is 0 Å². The van der Waals surface area contributed by atoms with Crippen LogP contribution in [-0.4, -0.2) is 19.4 Å². The Balaban J connectivity index is 3.34. The Morgan fingerprint density at radius 2 is 1.93 bits per heavy atom. The van der Waals surface area contributed by atoms with Crippen LogP contribution in [0.5, 0.6) is 0 Å². The van der Waals surface area contributed by atoms with Crippen molar-refractivity contribution in [2.24, 2.45) is 0 Å². The van der Waals surface area contributed by atoms with Gasteiger partial charge in [0.2, 0.25) is 0 Å². The molecule has 0 amide bonds. The summed E-state index contributed by atoms with van der Waals surface area (Å²) in [6.45, 7) is 0. The van der Waals surface area contributed by atoms with Crippen molar-refractivity contribution in [3.8, 4) is 0 Å². The van der Waals surface area contributed by atoms with Gasteiger partial charge in [0.1, 0.15) is 0 Å². The second-order valence-electron chi connectivity index (χ2n) is 2.46. The van der Waals surface area contributed by atoms with Crippen molar-refractivity contribution < 1.29 is 14.3 Å². The summed E-state index contributed by atoms with van der Waals surface area (Å²) >= 11 is 11.4. The number of halogens is 2. The molecule has 3 nitrogen and oxygen atoms in total. The number of methoxy groups -OCH3 is 1.